The SMILES string of the molecule is CCn1ncnc1CC(O)C1(N2CCOCC2)CCCC1. The van der Waals surface area contributed by atoms with E-state index < -0.39 is 0 Å². The van der Waals surface area contributed by atoms with Crippen LogP contribution in [0.3, 0.4) is 0 Å². The molecular formula is C15H26N4O2. The lowest BCUT2D eigenvalue weighted by molar-refractivity contribution is -0.0760. The molecule has 1 unspecified atom stereocenters. The molecule has 3 rings (SSSR count). The van der Waals surface area contributed by atoms with Crippen LogP contribution in [0.25, 0.3) is 0 Å². The number of aliphatic hydroxyl groups excluding tert-OH is 1. The number of ether oxygens (including phenoxy) is 1. The van der Waals surface area contributed by atoms with E-state index in [2.05, 4.69) is 21.9 Å². The average molecular weight is 294 g/mol. The Morgan fingerprint density at radius 1 is 1.33 bits per heavy atom. The second kappa shape index (κ2) is 6.42. The van der Waals surface area contributed by atoms with Crippen molar-refractivity contribution >= 4 is 0 Å². The Bertz CT molecular complexity index is 450. The van der Waals surface area contributed by atoms with E-state index in [1.165, 1.54) is 12.8 Å². The Balaban J connectivity index is 1.76. The summed E-state index contributed by atoms with van der Waals surface area (Å²) in [5.41, 5.74) is -0.0890. The number of aryl methyl sites for hydroxylation is 1. The fourth-order valence-corrected chi connectivity index (χ4v) is 3.93. The summed E-state index contributed by atoms with van der Waals surface area (Å²) in [6, 6.07) is 0. The maximum atomic E-state index is 11.0. The largest absolute Gasteiger partial charge is 0.391 e. The van der Waals surface area contributed by atoms with E-state index in [-0.39, 0.29) is 11.6 Å². The zero-order valence-corrected chi connectivity index (χ0v) is 12.9. The van der Waals surface area contributed by atoms with Gasteiger partial charge in [-0.2, -0.15) is 5.10 Å². The first kappa shape index (κ1) is 14.9. The van der Waals surface area contributed by atoms with Crippen LogP contribution in [0.1, 0.15) is 38.4 Å². The van der Waals surface area contributed by atoms with E-state index in [9.17, 15) is 5.11 Å². The van der Waals surface area contributed by atoms with Crippen LogP contribution in [0.5, 0.6) is 0 Å². The molecule has 6 heteroatoms. The molecule has 2 fully saturated rings. The molecule has 0 bridgehead atoms. The molecule has 21 heavy (non-hydrogen) atoms. The van der Waals surface area contributed by atoms with E-state index in [0.717, 1.165) is 51.5 Å². The predicted molar refractivity (Wildman–Crippen MR) is 79.0 cm³/mol. The minimum absolute atomic E-state index is 0.0890. The van der Waals surface area contributed by atoms with Crippen molar-refractivity contribution in [2.45, 2.75) is 57.2 Å². The topological polar surface area (TPSA) is 63.4 Å². The van der Waals surface area contributed by atoms with Gasteiger partial charge in [-0.3, -0.25) is 9.58 Å². The van der Waals surface area contributed by atoms with Crippen molar-refractivity contribution < 1.29 is 9.84 Å². The summed E-state index contributed by atoms with van der Waals surface area (Å²) >= 11 is 0. The van der Waals surface area contributed by atoms with Crippen LogP contribution < -0.4 is 0 Å². The summed E-state index contributed by atoms with van der Waals surface area (Å²) in [5.74, 6) is 0.893. The zero-order chi connectivity index (χ0) is 14.7. The Kier molecular flexibility index (Phi) is 4.57. The van der Waals surface area contributed by atoms with Crippen LogP contribution >= 0.6 is 0 Å². The van der Waals surface area contributed by atoms with Gasteiger partial charge in [-0.05, 0) is 19.8 Å². The summed E-state index contributed by atoms with van der Waals surface area (Å²) in [6.07, 6.45) is 6.35. The second-order valence-corrected chi connectivity index (χ2v) is 6.12. The van der Waals surface area contributed by atoms with Gasteiger partial charge in [-0.1, -0.05) is 12.8 Å². The van der Waals surface area contributed by atoms with Crippen molar-refractivity contribution in [1.82, 2.24) is 19.7 Å². The first-order valence-electron chi connectivity index (χ1n) is 8.14. The van der Waals surface area contributed by atoms with Gasteiger partial charge in [-0.25, -0.2) is 4.98 Å². The number of aliphatic hydroxyl groups is 1. The highest BCUT2D eigenvalue weighted by Crippen LogP contribution is 2.39. The van der Waals surface area contributed by atoms with Crippen LogP contribution in [0.15, 0.2) is 6.33 Å². The fraction of sp³-hybridized carbons (Fsp3) is 0.867. The molecule has 1 atom stereocenters. The van der Waals surface area contributed by atoms with Crippen LogP contribution in [0, 0.1) is 0 Å². The van der Waals surface area contributed by atoms with Gasteiger partial charge in [0, 0.05) is 31.6 Å². The van der Waals surface area contributed by atoms with Gasteiger partial charge < -0.3 is 9.84 Å². The molecule has 1 N–H and O–H groups in total. The Labute approximate surface area is 126 Å². The summed E-state index contributed by atoms with van der Waals surface area (Å²) in [7, 11) is 0. The van der Waals surface area contributed by atoms with Gasteiger partial charge in [0.1, 0.15) is 12.2 Å². The number of aromatic nitrogens is 3. The van der Waals surface area contributed by atoms with Crippen LogP contribution in [-0.4, -0.2) is 62.7 Å². The summed E-state index contributed by atoms with van der Waals surface area (Å²) in [4.78, 5) is 6.78. The van der Waals surface area contributed by atoms with E-state index >= 15 is 0 Å². The Morgan fingerprint density at radius 2 is 2.05 bits per heavy atom. The minimum atomic E-state index is -0.382. The van der Waals surface area contributed by atoms with Crippen LogP contribution in [0.2, 0.25) is 0 Å². The lowest BCUT2D eigenvalue weighted by Crippen LogP contribution is -2.59. The van der Waals surface area contributed by atoms with Crippen molar-refractivity contribution in [2.75, 3.05) is 26.3 Å². The molecule has 2 heterocycles. The number of hydrogen-bond acceptors (Lipinski definition) is 5. The third-order valence-corrected chi connectivity index (χ3v) is 5.10. The molecule has 1 saturated heterocycles. The molecule has 0 amide bonds. The molecule has 1 aliphatic carbocycles. The van der Waals surface area contributed by atoms with E-state index in [0.29, 0.717) is 6.42 Å². The smallest absolute Gasteiger partial charge is 0.138 e. The third kappa shape index (κ3) is 2.84. The molecule has 2 aliphatic rings. The second-order valence-electron chi connectivity index (χ2n) is 6.12. The van der Waals surface area contributed by atoms with E-state index in [4.69, 9.17) is 4.74 Å². The van der Waals surface area contributed by atoms with Crippen molar-refractivity contribution in [3.63, 3.8) is 0 Å². The van der Waals surface area contributed by atoms with Crippen LogP contribution in [0.4, 0.5) is 0 Å². The quantitative estimate of drug-likeness (QED) is 0.872. The predicted octanol–water partition coefficient (Wildman–Crippen LogP) is 0.846. The molecule has 1 aromatic rings. The third-order valence-electron chi connectivity index (χ3n) is 5.10. The highest BCUT2D eigenvalue weighted by Gasteiger charge is 2.46. The number of morpholine rings is 1. The van der Waals surface area contributed by atoms with Crippen molar-refractivity contribution in [3.05, 3.63) is 12.2 Å². The molecule has 0 spiro atoms. The van der Waals surface area contributed by atoms with Gasteiger partial charge in [0.2, 0.25) is 0 Å². The monoisotopic (exact) mass is 294 g/mol. The minimum Gasteiger partial charge on any atom is -0.391 e. The number of nitrogens with zero attached hydrogens (tertiary/aromatic N) is 4. The molecular weight excluding hydrogens is 268 g/mol. The summed E-state index contributed by atoms with van der Waals surface area (Å²) < 4.78 is 7.36. The van der Waals surface area contributed by atoms with Gasteiger partial charge in [0.15, 0.2) is 0 Å². The highest BCUT2D eigenvalue weighted by molar-refractivity contribution is 5.04. The molecule has 6 nitrogen and oxygen atoms in total. The standard InChI is InChI=1S/C15H26N4O2/c1-2-19-14(16-12-17-19)11-13(20)15(5-3-4-6-15)18-7-9-21-10-8-18/h12-13,20H,2-11H2,1H3. The van der Waals surface area contributed by atoms with Gasteiger partial charge >= 0.3 is 0 Å². The van der Waals surface area contributed by atoms with Gasteiger partial charge in [-0.15, -0.1) is 0 Å². The number of hydrogen-bond donors (Lipinski definition) is 1. The highest BCUT2D eigenvalue weighted by atomic mass is 16.5. The summed E-state index contributed by atoms with van der Waals surface area (Å²) in [6.45, 7) is 6.26. The fourth-order valence-electron chi connectivity index (χ4n) is 3.93. The zero-order valence-electron chi connectivity index (χ0n) is 12.9. The maximum absolute atomic E-state index is 11.0. The molecule has 1 aromatic heterocycles. The first-order chi connectivity index (χ1) is 10.3. The van der Waals surface area contributed by atoms with E-state index in [1.807, 2.05) is 4.68 Å². The lowest BCUT2D eigenvalue weighted by atomic mass is 9.85. The normalized spacial score (nSPS) is 24.3. The molecule has 1 saturated carbocycles. The first-order valence-corrected chi connectivity index (χ1v) is 8.14. The Morgan fingerprint density at radius 3 is 2.71 bits per heavy atom. The van der Waals surface area contributed by atoms with Crippen molar-refractivity contribution in [1.29, 1.82) is 0 Å². The summed E-state index contributed by atoms with van der Waals surface area (Å²) in [5, 5.41) is 15.2. The van der Waals surface area contributed by atoms with Crippen molar-refractivity contribution in [2.24, 2.45) is 0 Å². The maximum Gasteiger partial charge on any atom is 0.138 e. The molecule has 118 valence electrons. The van der Waals surface area contributed by atoms with Gasteiger partial charge in [0.25, 0.3) is 0 Å². The molecule has 0 aromatic carbocycles. The van der Waals surface area contributed by atoms with Crippen LogP contribution in [-0.2, 0) is 17.7 Å². The Hall–Kier alpha value is -0.980. The lowest BCUT2D eigenvalue weighted by Gasteiger charge is -2.46. The number of rotatable bonds is 5. The van der Waals surface area contributed by atoms with Gasteiger partial charge in [0.05, 0.1) is 19.3 Å². The molecule has 0 radical (unpaired) electrons. The average Bonchev–Trinajstić information content (AvgIpc) is 3.17. The van der Waals surface area contributed by atoms with Crippen molar-refractivity contribution in [3.8, 4) is 0 Å². The molecule has 1 aliphatic heterocycles. The van der Waals surface area contributed by atoms with E-state index in [1.54, 1.807) is 6.33 Å².